The second-order valence-corrected chi connectivity index (χ2v) is 4.52. The van der Waals surface area contributed by atoms with Crippen molar-refractivity contribution >= 4 is 11.6 Å². The van der Waals surface area contributed by atoms with Gasteiger partial charge in [-0.05, 0) is 37.9 Å². The minimum atomic E-state index is 0.0460. The Morgan fingerprint density at radius 3 is 2.89 bits per heavy atom. The average Bonchev–Trinajstić information content (AvgIpc) is 2.42. The first-order valence-corrected chi connectivity index (χ1v) is 6.99. The lowest BCUT2D eigenvalue weighted by atomic mass is 10.2. The predicted molar refractivity (Wildman–Crippen MR) is 78.4 cm³/mol. The Balaban J connectivity index is 2.36. The molecule has 0 spiro atoms. The highest BCUT2D eigenvalue weighted by Crippen LogP contribution is 2.18. The molecule has 19 heavy (non-hydrogen) atoms. The van der Waals surface area contributed by atoms with Crippen LogP contribution in [0.5, 0.6) is 5.75 Å². The van der Waals surface area contributed by atoms with Crippen LogP contribution in [0.3, 0.4) is 0 Å². The van der Waals surface area contributed by atoms with Gasteiger partial charge in [0.25, 0.3) is 0 Å². The van der Waals surface area contributed by atoms with E-state index in [9.17, 15) is 4.79 Å². The first kappa shape index (κ1) is 15.5. The summed E-state index contributed by atoms with van der Waals surface area (Å²) >= 11 is 0. The third-order valence-corrected chi connectivity index (χ3v) is 2.70. The number of ether oxygens (including phenoxy) is 1. The number of anilines is 1. The number of hydrogen-bond donors (Lipinski definition) is 2. The van der Waals surface area contributed by atoms with Crippen LogP contribution in [0, 0.1) is 0 Å². The molecule has 0 aliphatic heterocycles. The fourth-order valence-electron chi connectivity index (χ4n) is 1.71. The van der Waals surface area contributed by atoms with Crippen LogP contribution in [-0.4, -0.2) is 19.1 Å². The van der Waals surface area contributed by atoms with Gasteiger partial charge in [0.2, 0.25) is 5.91 Å². The molecule has 4 nitrogen and oxygen atoms in total. The van der Waals surface area contributed by atoms with E-state index in [4.69, 9.17) is 10.5 Å². The zero-order chi connectivity index (χ0) is 13.9. The van der Waals surface area contributed by atoms with Crippen molar-refractivity contribution in [1.29, 1.82) is 0 Å². The molecule has 0 saturated carbocycles. The molecule has 0 bridgehead atoms. The van der Waals surface area contributed by atoms with Crippen molar-refractivity contribution in [3.8, 4) is 5.75 Å². The van der Waals surface area contributed by atoms with Gasteiger partial charge in [0.05, 0.1) is 6.61 Å². The summed E-state index contributed by atoms with van der Waals surface area (Å²) in [5.41, 5.74) is 6.20. The molecule has 0 aromatic heterocycles. The van der Waals surface area contributed by atoms with Crippen LogP contribution in [0.15, 0.2) is 24.3 Å². The number of nitrogens with two attached hydrogens (primary N) is 1. The monoisotopic (exact) mass is 264 g/mol. The topological polar surface area (TPSA) is 64.3 Å². The maximum Gasteiger partial charge on any atom is 0.224 e. The van der Waals surface area contributed by atoms with Crippen LogP contribution in [0.4, 0.5) is 5.69 Å². The molecule has 1 amide bonds. The van der Waals surface area contributed by atoms with Crippen LogP contribution in [-0.2, 0) is 4.79 Å². The molecule has 0 unspecified atom stereocenters. The van der Waals surface area contributed by atoms with Crippen molar-refractivity contribution in [3.63, 3.8) is 0 Å². The van der Waals surface area contributed by atoms with Crippen molar-refractivity contribution in [3.05, 3.63) is 24.3 Å². The van der Waals surface area contributed by atoms with Crippen LogP contribution in [0.2, 0.25) is 0 Å². The van der Waals surface area contributed by atoms with Gasteiger partial charge in [0.15, 0.2) is 0 Å². The molecule has 0 aliphatic rings. The molecule has 0 atom stereocenters. The van der Waals surface area contributed by atoms with Gasteiger partial charge in [-0.3, -0.25) is 4.79 Å². The normalized spacial score (nSPS) is 10.2. The third kappa shape index (κ3) is 6.82. The lowest BCUT2D eigenvalue weighted by Crippen LogP contribution is -2.11. The zero-order valence-electron chi connectivity index (χ0n) is 11.7. The van der Waals surface area contributed by atoms with Crippen LogP contribution in [0.1, 0.15) is 39.0 Å². The van der Waals surface area contributed by atoms with E-state index in [-0.39, 0.29) is 5.91 Å². The Labute approximate surface area is 115 Å². The number of rotatable bonds is 9. The smallest absolute Gasteiger partial charge is 0.224 e. The first-order valence-electron chi connectivity index (χ1n) is 6.99. The molecule has 3 N–H and O–H groups in total. The van der Waals surface area contributed by atoms with E-state index in [1.807, 2.05) is 24.3 Å². The molecule has 1 aromatic rings. The van der Waals surface area contributed by atoms with E-state index in [1.54, 1.807) is 0 Å². The van der Waals surface area contributed by atoms with E-state index >= 15 is 0 Å². The maximum atomic E-state index is 11.7. The minimum absolute atomic E-state index is 0.0460. The summed E-state index contributed by atoms with van der Waals surface area (Å²) in [4.78, 5) is 11.7. The summed E-state index contributed by atoms with van der Waals surface area (Å²) in [7, 11) is 0. The largest absolute Gasteiger partial charge is 0.494 e. The number of amides is 1. The molecular weight excluding hydrogens is 240 g/mol. The summed E-state index contributed by atoms with van der Waals surface area (Å²) in [6, 6.07) is 7.51. The van der Waals surface area contributed by atoms with E-state index in [2.05, 4.69) is 12.2 Å². The lowest BCUT2D eigenvalue weighted by molar-refractivity contribution is -0.116. The number of unbranched alkanes of at least 4 members (excludes halogenated alkanes) is 2. The average molecular weight is 264 g/mol. The van der Waals surface area contributed by atoms with Crippen LogP contribution < -0.4 is 15.8 Å². The number of benzene rings is 1. The Morgan fingerprint density at radius 2 is 2.16 bits per heavy atom. The van der Waals surface area contributed by atoms with E-state index < -0.39 is 0 Å². The number of nitrogens with one attached hydrogen (secondary N) is 1. The molecule has 1 rings (SSSR count). The van der Waals surface area contributed by atoms with E-state index in [0.717, 1.165) is 37.1 Å². The highest BCUT2D eigenvalue weighted by atomic mass is 16.5. The minimum Gasteiger partial charge on any atom is -0.494 e. The highest BCUT2D eigenvalue weighted by molar-refractivity contribution is 5.90. The Bertz CT molecular complexity index is 380. The van der Waals surface area contributed by atoms with Gasteiger partial charge in [-0.15, -0.1) is 0 Å². The fraction of sp³-hybridized carbons (Fsp3) is 0.533. The Hall–Kier alpha value is -1.55. The van der Waals surface area contributed by atoms with Gasteiger partial charge in [-0.1, -0.05) is 19.4 Å². The first-order chi connectivity index (χ1) is 9.26. The molecule has 0 heterocycles. The van der Waals surface area contributed by atoms with Gasteiger partial charge in [-0.25, -0.2) is 0 Å². The number of carbonyl (C=O) groups is 1. The summed E-state index contributed by atoms with van der Waals surface area (Å²) in [5, 5.41) is 2.89. The van der Waals surface area contributed by atoms with Crippen molar-refractivity contribution in [2.45, 2.75) is 39.0 Å². The lowest BCUT2D eigenvalue weighted by Gasteiger charge is -2.08. The van der Waals surface area contributed by atoms with Gasteiger partial charge in [-0.2, -0.15) is 0 Å². The SMILES string of the molecule is CCCOc1cccc(NC(=O)CCCCCN)c1. The van der Waals surface area contributed by atoms with E-state index in [1.165, 1.54) is 0 Å². The summed E-state index contributed by atoms with van der Waals surface area (Å²) in [5.74, 6) is 0.840. The summed E-state index contributed by atoms with van der Waals surface area (Å²) < 4.78 is 5.53. The van der Waals surface area contributed by atoms with Crippen LogP contribution >= 0.6 is 0 Å². The molecule has 4 heteroatoms. The van der Waals surface area contributed by atoms with Crippen molar-refractivity contribution in [1.82, 2.24) is 0 Å². The molecular formula is C15H24N2O2. The fourth-order valence-corrected chi connectivity index (χ4v) is 1.71. The third-order valence-electron chi connectivity index (χ3n) is 2.70. The Morgan fingerprint density at radius 1 is 1.32 bits per heavy atom. The molecule has 0 aliphatic carbocycles. The second-order valence-electron chi connectivity index (χ2n) is 4.52. The Kier molecular flexibility index (Phi) is 7.66. The molecule has 0 radical (unpaired) electrons. The molecule has 0 saturated heterocycles. The molecule has 106 valence electrons. The standard InChI is InChI=1S/C15H24N2O2/c1-2-11-19-14-8-6-7-13(12-14)17-15(18)9-4-3-5-10-16/h6-8,12H,2-5,9-11,16H2,1H3,(H,17,18). The van der Waals surface area contributed by atoms with Crippen molar-refractivity contribution in [2.24, 2.45) is 5.73 Å². The highest BCUT2D eigenvalue weighted by Gasteiger charge is 2.03. The molecule has 1 aromatic carbocycles. The zero-order valence-corrected chi connectivity index (χ0v) is 11.7. The van der Waals surface area contributed by atoms with Crippen LogP contribution in [0.25, 0.3) is 0 Å². The number of carbonyl (C=O) groups excluding carboxylic acids is 1. The summed E-state index contributed by atoms with van der Waals surface area (Å²) in [6.07, 6.45) is 4.38. The van der Waals surface area contributed by atoms with E-state index in [0.29, 0.717) is 19.6 Å². The van der Waals surface area contributed by atoms with Gasteiger partial charge >= 0.3 is 0 Å². The quantitative estimate of drug-likeness (QED) is 0.674. The molecule has 0 fully saturated rings. The predicted octanol–water partition coefficient (Wildman–Crippen LogP) is 2.93. The van der Waals surface area contributed by atoms with Gasteiger partial charge in [0.1, 0.15) is 5.75 Å². The maximum absolute atomic E-state index is 11.7. The second kappa shape index (κ2) is 9.39. The van der Waals surface area contributed by atoms with Crippen molar-refractivity contribution < 1.29 is 9.53 Å². The van der Waals surface area contributed by atoms with Crippen molar-refractivity contribution in [2.75, 3.05) is 18.5 Å². The number of hydrogen-bond acceptors (Lipinski definition) is 3. The summed E-state index contributed by atoms with van der Waals surface area (Å²) in [6.45, 7) is 3.45. The van der Waals surface area contributed by atoms with Gasteiger partial charge in [0, 0.05) is 18.2 Å². The van der Waals surface area contributed by atoms with Gasteiger partial charge < -0.3 is 15.8 Å².